The van der Waals surface area contributed by atoms with Crippen molar-refractivity contribution < 1.29 is 14.6 Å². The van der Waals surface area contributed by atoms with Crippen molar-refractivity contribution in [1.82, 2.24) is 0 Å². The highest BCUT2D eigenvalue weighted by molar-refractivity contribution is 5.99. The summed E-state index contributed by atoms with van der Waals surface area (Å²) in [7, 11) is 0. The van der Waals surface area contributed by atoms with Gasteiger partial charge in [0.05, 0.1) is 0 Å². The van der Waals surface area contributed by atoms with Gasteiger partial charge < -0.3 is 9.84 Å². The summed E-state index contributed by atoms with van der Waals surface area (Å²) in [5.74, 6) is 0.146. The van der Waals surface area contributed by atoms with Crippen molar-refractivity contribution in [2.45, 2.75) is 13.8 Å². The van der Waals surface area contributed by atoms with E-state index in [2.05, 4.69) is 6.58 Å². The van der Waals surface area contributed by atoms with Crippen molar-refractivity contribution in [2.24, 2.45) is 0 Å². The first-order chi connectivity index (χ1) is 7.06. The molecule has 0 radical (unpaired) electrons. The Morgan fingerprint density at radius 1 is 1.60 bits per heavy atom. The van der Waals surface area contributed by atoms with E-state index in [1.54, 1.807) is 12.1 Å². The normalized spacial score (nSPS) is 9.73. The summed E-state index contributed by atoms with van der Waals surface area (Å²) in [5.41, 5.74) is 1.07. The van der Waals surface area contributed by atoms with Crippen molar-refractivity contribution in [3.63, 3.8) is 0 Å². The number of benzene rings is 1. The monoisotopic (exact) mass is 206 g/mol. The van der Waals surface area contributed by atoms with Gasteiger partial charge in [-0.1, -0.05) is 12.7 Å². The molecule has 0 amide bonds. The first kappa shape index (κ1) is 11.3. The third-order valence-electron chi connectivity index (χ3n) is 1.93. The molecule has 0 unspecified atom stereocenters. The molecule has 0 saturated carbocycles. The van der Waals surface area contributed by atoms with E-state index in [1.807, 2.05) is 6.92 Å². The summed E-state index contributed by atoms with van der Waals surface area (Å²) in [6, 6.07) is 3.26. The van der Waals surface area contributed by atoms with E-state index in [-0.39, 0.29) is 17.1 Å². The van der Waals surface area contributed by atoms with Crippen molar-refractivity contribution in [3.05, 3.63) is 35.9 Å². The maximum absolute atomic E-state index is 11.3. The molecule has 0 bridgehead atoms. The van der Waals surface area contributed by atoms with E-state index in [4.69, 9.17) is 4.74 Å². The summed E-state index contributed by atoms with van der Waals surface area (Å²) < 4.78 is 5.31. The molecule has 1 aromatic carbocycles. The number of rotatable bonds is 4. The molecule has 0 aliphatic rings. The standard InChI is InChI=1S/C12H14O3/c1-4-5-15-11-7-8(2)6-10(14)12(11)9(3)13/h4,6-7,14H,1,5H2,2-3H3. The first-order valence-electron chi connectivity index (χ1n) is 4.64. The summed E-state index contributed by atoms with van der Waals surface area (Å²) >= 11 is 0. The van der Waals surface area contributed by atoms with Crippen molar-refractivity contribution in [1.29, 1.82) is 0 Å². The molecule has 0 fully saturated rings. The Kier molecular flexibility index (Phi) is 3.50. The van der Waals surface area contributed by atoms with Crippen LogP contribution >= 0.6 is 0 Å². The Balaban J connectivity index is 3.20. The number of phenolic OH excluding ortho intramolecular Hbond substituents is 1. The van der Waals surface area contributed by atoms with Crippen molar-refractivity contribution in [3.8, 4) is 11.5 Å². The molecule has 0 spiro atoms. The number of carbonyl (C=O) groups is 1. The van der Waals surface area contributed by atoms with Gasteiger partial charge in [-0.2, -0.15) is 0 Å². The largest absolute Gasteiger partial charge is 0.507 e. The van der Waals surface area contributed by atoms with E-state index < -0.39 is 0 Å². The van der Waals surface area contributed by atoms with Crippen molar-refractivity contribution in [2.75, 3.05) is 6.61 Å². The minimum absolute atomic E-state index is 0.0402. The molecule has 1 rings (SSSR count). The van der Waals surface area contributed by atoms with Gasteiger partial charge in [0.15, 0.2) is 5.78 Å². The van der Waals surface area contributed by atoms with Crippen LogP contribution in [-0.2, 0) is 0 Å². The number of ether oxygens (including phenoxy) is 1. The number of carbonyl (C=O) groups excluding carboxylic acids is 1. The van der Waals surface area contributed by atoms with Gasteiger partial charge in [-0.3, -0.25) is 4.79 Å². The highest BCUT2D eigenvalue weighted by Gasteiger charge is 2.14. The lowest BCUT2D eigenvalue weighted by Gasteiger charge is -2.10. The molecule has 3 nitrogen and oxygen atoms in total. The van der Waals surface area contributed by atoms with Gasteiger partial charge in [-0.05, 0) is 31.5 Å². The maximum Gasteiger partial charge on any atom is 0.167 e. The second-order valence-electron chi connectivity index (χ2n) is 3.31. The molecule has 1 aromatic rings. The zero-order valence-corrected chi connectivity index (χ0v) is 8.91. The first-order valence-corrected chi connectivity index (χ1v) is 4.64. The van der Waals surface area contributed by atoms with Gasteiger partial charge in [0, 0.05) is 0 Å². The Morgan fingerprint density at radius 3 is 2.80 bits per heavy atom. The molecule has 0 atom stereocenters. The predicted octanol–water partition coefficient (Wildman–Crippen LogP) is 2.47. The van der Waals surface area contributed by atoms with Crippen LogP contribution in [0, 0.1) is 6.92 Å². The molecule has 3 heteroatoms. The fourth-order valence-electron chi connectivity index (χ4n) is 1.35. The van der Waals surface area contributed by atoms with Crippen LogP contribution in [0.2, 0.25) is 0 Å². The summed E-state index contributed by atoms with van der Waals surface area (Å²) in [6.45, 7) is 7.05. The molecule has 0 saturated heterocycles. The molecule has 0 heterocycles. The molecule has 0 aliphatic carbocycles. The van der Waals surface area contributed by atoms with Crippen LogP contribution in [0.4, 0.5) is 0 Å². The molecular formula is C12H14O3. The number of aryl methyl sites for hydroxylation is 1. The molecule has 15 heavy (non-hydrogen) atoms. The fourth-order valence-corrected chi connectivity index (χ4v) is 1.35. The summed E-state index contributed by atoms with van der Waals surface area (Å²) in [6.07, 6.45) is 1.59. The number of hydrogen-bond acceptors (Lipinski definition) is 3. The molecular weight excluding hydrogens is 192 g/mol. The van der Waals surface area contributed by atoms with Crippen LogP contribution in [0.5, 0.6) is 11.5 Å². The highest BCUT2D eigenvalue weighted by Crippen LogP contribution is 2.29. The third kappa shape index (κ3) is 2.59. The van der Waals surface area contributed by atoms with E-state index >= 15 is 0 Å². The number of hydrogen-bond donors (Lipinski definition) is 1. The predicted molar refractivity (Wildman–Crippen MR) is 58.5 cm³/mol. The van der Waals surface area contributed by atoms with Gasteiger partial charge in [-0.25, -0.2) is 0 Å². The van der Waals surface area contributed by atoms with Crippen molar-refractivity contribution >= 4 is 5.78 Å². The highest BCUT2D eigenvalue weighted by atomic mass is 16.5. The molecule has 1 N–H and O–H groups in total. The van der Waals surface area contributed by atoms with Gasteiger partial charge in [0.25, 0.3) is 0 Å². The van der Waals surface area contributed by atoms with Gasteiger partial charge in [0.1, 0.15) is 23.7 Å². The average molecular weight is 206 g/mol. The van der Waals surface area contributed by atoms with Crippen LogP contribution in [0.15, 0.2) is 24.8 Å². The van der Waals surface area contributed by atoms with E-state index in [1.165, 1.54) is 13.0 Å². The fraction of sp³-hybridized carbons (Fsp3) is 0.250. The summed E-state index contributed by atoms with van der Waals surface area (Å²) in [5, 5.41) is 9.62. The van der Waals surface area contributed by atoms with E-state index in [0.29, 0.717) is 12.4 Å². The molecule has 80 valence electrons. The lowest BCUT2D eigenvalue weighted by Crippen LogP contribution is -2.02. The topological polar surface area (TPSA) is 46.5 Å². The second kappa shape index (κ2) is 4.64. The Bertz CT molecular complexity index is 394. The quantitative estimate of drug-likeness (QED) is 0.608. The third-order valence-corrected chi connectivity index (χ3v) is 1.93. The Labute approximate surface area is 89.0 Å². The zero-order valence-electron chi connectivity index (χ0n) is 8.91. The lowest BCUT2D eigenvalue weighted by molar-refractivity contribution is 0.101. The number of phenols is 1. The zero-order chi connectivity index (χ0) is 11.4. The van der Waals surface area contributed by atoms with Crippen LogP contribution in [0.1, 0.15) is 22.8 Å². The minimum Gasteiger partial charge on any atom is -0.507 e. The SMILES string of the molecule is C=CCOc1cc(C)cc(O)c1C(C)=O. The second-order valence-corrected chi connectivity index (χ2v) is 3.31. The lowest BCUT2D eigenvalue weighted by atomic mass is 10.1. The van der Waals surface area contributed by atoms with Crippen LogP contribution in [0.3, 0.4) is 0 Å². The van der Waals surface area contributed by atoms with Crippen LogP contribution in [0.25, 0.3) is 0 Å². The van der Waals surface area contributed by atoms with Gasteiger partial charge in [-0.15, -0.1) is 0 Å². The van der Waals surface area contributed by atoms with Gasteiger partial charge in [0.2, 0.25) is 0 Å². The Hall–Kier alpha value is -1.77. The Morgan fingerprint density at radius 2 is 2.27 bits per heavy atom. The van der Waals surface area contributed by atoms with Crippen LogP contribution in [-0.4, -0.2) is 17.5 Å². The van der Waals surface area contributed by atoms with Crippen LogP contribution < -0.4 is 4.74 Å². The van der Waals surface area contributed by atoms with E-state index in [9.17, 15) is 9.90 Å². The maximum atomic E-state index is 11.3. The number of ketones is 1. The molecule has 0 aromatic heterocycles. The summed E-state index contributed by atoms with van der Waals surface area (Å²) in [4.78, 5) is 11.3. The smallest absolute Gasteiger partial charge is 0.167 e. The minimum atomic E-state index is -0.216. The van der Waals surface area contributed by atoms with Gasteiger partial charge >= 0.3 is 0 Å². The average Bonchev–Trinajstić information content (AvgIpc) is 2.12. The number of aromatic hydroxyl groups is 1. The number of Topliss-reactive ketones (excluding diaryl/α,β-unsaturated/α-hetero) is 1. The van der Waals surface area contributed by atoms with E-state index in [0.717, 1.165) is 5.56 Å². The molecule has 0 aliphatic heterocycles.